The van der Waals surface area contributed by atoms with Gasteiger partial charge in [0.15, 0.2) is 0 Å². The van der Waals surface area contributed by atoms with E-state index in [0.29, 0.717) is 17.9 Å². The van der Waals surface area contributed by atoms with Crippen LogP contribution in [0.3, 0.4) is 0 Å². The van der Waals surface area contributed by atoms with Crippen molar-refractivity contribution in [2.75, 3.05) is 6.61 Å². The summed E-state index contributed by atoms with van der Waals surface area (Å²) < 4.78 is 7.83. The maximum atomic E-state index is 10.7. The molecule has 5 nitrogen and oxygen atoms in total. The van der Waals surface area contributed by atoms with E-state index in [1.54, 1.807) is 0 Å². The summed E-state index contributed by atoms with van der Waals surface area (Å²) in [4.78, 5) is 15.4. The number of hydrogen-bond acceptors (Lipinski definition) is 3. The van der Waals surface area contributed by atoms with Crippen molar-refractivity contribution < 1.29 is 14.6 Å². The number of ether oxygens (including phenoxy) is 1. The van der Waals surface area contributed by atoms with Gasteiger partial charge in [-0.3, -0.25) is 4.79 Å². The molecule has 1 saturated heterocycles. The lowest BCUT2D eigenvalue weighted by molar-refractivity contribution is -0.137. The summed E-state index contributed by atoms with van der Waals surface area (Å²) in [5, 5.41) is 9.48. The zero-order chi connectivity index (χ0) is 15.5. The van der Waals surface area contributed by atoms with Crippen molar-refractivity contribution in [3.05, 3.63) is 29.0 Å². The SMILES string of the molecule is O=C(O)CCCc1nc2cccc(Cl)c2n1C[C@H]1CCCO1. The maximum absolute atomic E-state index is 10.7. The van der Waals surface area contributed by atoms with Crippen LogP contribution in [0.15, 0.2) is 18.2 Å². The van der Waals surface area contributed by atoms with Gasteiger partial charge in [0.1, 0.15) is 5.82 Å². The summed E-state index contributed by atoms with van der Waals surface area (Å²) in [5.74, 6) is 0.111. The molecule has 22 heavy (non-hydrogen) atoms. The lowest BCUT2D eigenvalue weighted by atomic mass is 10.2. The van der Waals surface area contributed by atoms with Crippen LogP contribution in [-0.4, -0.2) is 33.3 Å². The van der Waals surface area contributed by atoms with Crippen LogP contribution in [0.1, 0.15) is 31.5 Å². The minimum atomic E-state index is -0.778. The van der Waals surface area contributed by atoms with Crippen LogP contribution in [0.25, 0.3) is 11.0 Å². The van der Waals surface area contributed by atoms with Gasteiger partial charge in [-0.1, -0.05) is 17.7 Å². The van der Waals surface area contributed by atoms with Gasteiger partial charge in [-0.05, 0) is 31.4 Å². The quantitative estimate of drug-likeness (QED) is 0.886. The van der Waals surface area contributed by atoms with Crippen LogP contribution >= 0.6 is 11.6 Å². The molecule has 0 bridgehead atoms. The molecule has 1 aromatic heterocycles. The predicted molar refractivity (Wildman–Crippen MR) is 84.3 cm³/mol. The van der Waals surface area contributed by atoms with E-state index in [4.69, 9.17) is 21.4 Å². The van der Waals surface area contributed by atoms with Crippen LogP contribution in [0.2, 0.25) is 5.02 Å². The average Bonchev–Trinajstić information content (AvgIpc) is 3.08. The Labute approximate surface area is 133 Å². The lowest BCUT2D eigenvalue weighted by Gasteiger charge is -2.14. The van der Waals surface area contributed by atoms with Crippen LogP contribution < -0.4 is 0 Å². The second-order valence-electron chi connectivity index (χ2n) is 5.63. The number of aryl methyl sites for hydroxylation is 1. The molecule has 1 aromatic carbocycles. The molecule has 3 rings (SSSR count). The maximum Gasteiger partial charge on any atom is 0.303 e. The number of aliphatic carboxylic acids is 1. The molecule has 118 valence electrons. The third-order valence-electron chi connectivity index (χ3n) is 4.00. The molecule has 0 unspecified atom stereocenters. The first-order chi connectivity index (χ1) is 10.6. The Morgan fingerprint density at radius 2 is 2.36 bits per heavy atom. The van der Waals surface area contributed by atoms with Gasteiger partial charge >= 0.3 is 5.97 Å². The van der Waals surface area contributed by atoms with E-state index in [1.807, 2.05) is 18.2 Å². The number of carboxylic acids is 1. The van der Waals surface area contributed by atoms with Crippen molar-refractivity contribution in [1.29, 1.82) is 0 Å². The second kappa shape index (κ2) is 6.67. The molecule has 1 atom stereocenters. The molecule has 0 spiro atoms. The first-order valence-electron chi connectivity index (χ1n) is 7.62. The summed E-state index contributed by atoms with van der Waals surface area (Å²) in [5.41, 5.74) is 1.78. The molecule has 0 saturated carbocycles. The van der Waals surface area contributed by atoms with Gasteiger partial charge in [-0.2, -0.15) is 0 Å². The Balaban J connectivity index is 1.90. The first kappa shape index (κ1) is 15.3. The number of carboxylic acid groups (broad SMARTS) is 1. The highest BCUT2D eigenvalue weighted by Gasteiger charge is 2.20. The highest BCUT2D eigenvalue weighted by Crippen LogP contribution is 2.27. The monoisotopic (exact) mass is 322 g/mol. The number of aromatic nitrogens is 2. The molecular formula is C16H19ClN2O3. The molecule has 0 radical (unpaired) electrons. The zero-order valence-electron chi connectivity index (χ0n) is 12.3. The van der Waals surface area contributed by atoms with E-state index in [1.165, 1.54) is 0 Å². The minimum absolute atomic E-state index is 0.150. The Bertz CT molecular complexity index is 677. The molecular weight excluding hydrogens is 304 g/mol. The lowest BCUT2D eigenvalue weighted by Crippen LogP contribution is -2.17. The Morgan fingerprint density at radius 3 is 3.09 bits per heavy atom. The van der Waals surface area contributed by atoms with Crippen molar-refractivity contribution >= 4 is 28.6 Å². The fourth-order valence-electron chi connectivity index (χ4n) is 2.97. The van der Waals surface area contributed by atoms with Gasteiger partial charge in [0, 0.05) is 19.4 Å². The van der Waals surface area contributed by atoms with Crippen LogP contribution in [0.5, 0.6) is 0 Å². The fraction of sp³-hybridized carbons (Fsp3) is 0.500. The summed E-state index contributed by atoms with van der Waals surface area (Å²) in [6.45, 7) is 1.53. The second-order valence-corrected chi connectivity index (χ2v) is 6.04. The van der Waals surface area contributed by atoms with Crippen LogP contribution in [0.4, 0.5) is 0 Å². The molecule has 6 heteroatoms. The molecule has 2 heterocycles. The topological polar surface area (TPSA) is 64.3 Å². The highest BCUT2D eigenvalue weighted by molar-refractivity contribution is 6.35. The van der Waals surface area contributed by atoms with Gasteiger partial charge in [0.2, 0.25) is 0 Å². The fourth-order valence-corrected chi connectivity index (χ4v) is 3.24. The van der Waals surface area contributed by atoms with Crippen molar-refractivity contribution in [2.24, 2.45) is 0 Å². The standard InChI is InChI=1S/C16H19ClN2O3/c17-12-5-1-6-13-16(12)19(10-11-4-3-9-22-11)14(18-13)7-2-8-15(20)21/h1,5-6,11H,2-4,7-10H2,(H,20,21)/t11-/m1/s1. The zero-order valence-corrected chi connectivity index (χ0v) is 13.1. The largest absolute Gasteiger partial charge is 0.481 e. The number of rotatable bonds is 6. The smallest absolute Gasteiger partial charge is 0.303 e. The van der Waals surface area contributed by atoms with E-state index in [0.717, 1.165) is 42.9 Å². The van der Waals surface area contributed by atoms with Gasteiger partial charge < -0.3 is 14.4 Å². The number of carbonyl (C=O) groups is 1. The number of nitrogens with zero attached hydrogens (tertiary/aromatic N) is 2. The molecule has 0 amide bonds. The highest BCUT2D eigenvalue weighted by atomic mass is 35.5. The van der Waals surface area contributed by atoms with Crippen molar-refractivity contribution in [2.45, 2.75) is 44.8 Å². The molecule has 1 fully saturated rings. The molecule has 0 aliphatic carbocycles. The first-order valence-corrected chi connectivity index (χ1v) is 8.00. The van der Waals surface area contributed by atoms with Crippen molar-refractivity contribution in [3.63, 3.8) is 0 Å². The number of para-hydroxylation sites is 1. The van der Waals surface area contributed by atoms with Gasteiger partial charge in [-0.15, -0.1) is 0 Å². The van der Waals surface area contributed by atoms with E-state index < -0.39 is 5.97 Å². The summed E-state index contributed by atoms with van der Waals surface area (Å²) in [7, 11) is 0. The van der Waals surface area contributed by atoms with Gasteiger partial charge in [0.05, 0.1) is 28.7 Å². The third kappa shape index (κ3) is 3.25. The Morgan fingerprint density at radius 1 is 1.50 bits per heavy atom. The minimum Gasteiger partial charge on any atom is -0.481 e. The van der Waals surface area contributed by atoms with E-state index in [9.17, 15) is 4.79 Å². The molecule has 1 N–H and O–H groups in total. The summed E-state index contributed by atoms with van der Waals surface area (Å²) >= 11 is 6.35. The van der Waals surface area contributed by atoms with Crippen LogP contribution in [0, 0.1) is 0 Å². The Kier molecular flexibility index (Phi) is 4.64. The number of benzene rings is 1. The van der Waals surface area contributed by atoms with Crippen LogP contribution in [-0.2, 0) is 22.5 Å². The predicted octanol–water partition coefficient (Wildman–Crippen LogP) is 3.28. The van der Waals surface area contributed by atoms with Gasteiger partial charge in [-0.25, -0.2) is 4.98 Å². The van der Waals surface area contributed by atoms with E-state index in [-0.39, 0.29) is 12.5 Å². The number of imidazole rings is 1. The summed E-state index contributed by atoms with van der Waals surface area (Å²) in [6.07, 6.45) is 3.66. The number of halogens is 1. The third-order valence-corrected chi connectivity index (χ3v) is 4.30. The van der Waals surface area contributed by atoms with Crippen molar-refractivity contribution in [1.82, 2.24) is 9.55 Å². The van der Waals surface area contributed by atoms with Crippen molar-refractivity contribution in [3.8, 4) is 0 Å². The van der Waals surface area contributed by atoms with E-state index >= 15 is 0 Å². The Hall–Kier alpha value is -1.59. The molecule has 1 aliphatic heterocycles. The average molecular weight is 323 g/mol. The summed E-state index contributed by atoms with van der Waals surface area (Å²) in [6, 6.07) is 5.68. The number of hydrogen-bond donors (Lipinski definition) is 1. The normalized spacial score (nSPS) is 18.1. The molecule has 2 aromatic rings. The molecule has 1 aliphatic rings. The van der Waals surface area contributed by atoms with Gasteiger partial charge in [0.25, 0.3) is 0 Å². The number of fused-ring (bicyclic) bond motifs is 1. The van der Waals surface area contributed by atoms with E-state index in [2.05, 4.69) is 9.55 Å².